The summed E-state index contributed by atoms with van der Waals surface area (Å²) in [5.74, 6) is 0.462. The first kappa shape index (κ1) is 6.73. The van der Waals surface area contributed by atoms with Gasteiger partial charge in [-0.1, -0.05) is 0 Å². The number of nitrogens with zero attached hydrogens (tertiary/aromatic N) is 2. The molecule has 2 atom stereocenters. The maximum atomic E-state index is 5.79. The topological polar surface area (TPSA) is 51.8 Å². The number of nitrogens with two attached hydrogens (primary N) is 1. The Hall–Kier alpha value is -0.960. The van der Waals surface area contributed by atoms with Crippen LogP contribution < -0.4 is 5.73 Å². The molecule has 2 N–H and O–H groups in total. The third kappa shape index (κ3) is 1.12. The van der Waals surface area contributed by atoms with E-state index in [0.29, 0.717) is 12.0 Å². The van der Waals surface area contributed by atoms with Crippen LogP contribution in [0.2, 0.25) is 0 Å². The summed E-state index contributed by atoms with van der Waals surface area (Å²) < 4.78 is 0. The largest absolute Gasteiger partial charge is 0.327 e. The highest BCUT2D eigenvalue weighted by molar-refractivity contribution is 5.11. The zero-order valence-electron chi connectivity index (χ0n) is 6.27. The molecule has 1 aliphatic carbocycles. The zero-order valence-corrected chi connectivity index (χ0v) is 6.27. The standard InChI is InChI=1S/C8H11N3/c9-7-2-1-6(7)8-5-10-3-4-11-8/h3-7H,1-2,9H2. The minimum absolute atomic E-state index is 0.312. The van der Waals surface area contributed by atoms with Crippen LogP contribution in [0.15, 0.2) is 18.6 Å². The quantitative estimate of drug-likeness (QED) is 0.638. The summed E-state index contributed by atoms with van der Waals surface area (Å²) in [6, 6.07) is 0.312. The van der Waals surface area contributed by atoms with Crippen molar-refractivity contribution in [3.8, 4) is 0 Å². The molecule has 0 saturated heterocycles. The lowest BCUT2D eigenvalue weighted by Gasteiger charge is -2.32. The minimum Gasteiger partial charge on any atom is -0.327 e. The Kier molecular flexibility index (Phi) is 1.58. The molecular formula is C8H11N3. The molecule has 0 spiro atoms. The smallest absolute Gasteiger partial charge is 0.0633 e. The predicted molar refractivity (Wildman–Crippen MR) is 42.0 cm³/mol. The van der Waals surface area contributed by atoms with Crippen LogP contribution in [0.3, 0.4) is 0 Å². The normalized spacial score (nSPS) is 29.5. The van der Waals surface area contributed by atoms with E-state index in [0.717, 1.165) is 12.1 Å². The Morgan fingerprint density at radius 3 is 2.73 bits per heavy atom. The Morgan fingerprint density at radius 1 is 1.36 bits per heavy atom. The molecule has 1 aliphatic rings. The number of hydrogen-bond acceptors (Lipinski definition) is 3. The van der Waals surface area contributed by atoms with Crippen molar-refractivity contribution in [1.82, 2.24) is 9.97 Å². The molecule has 1 saturated carbocycles. The Morgan fingerprint density at radius 2 is 2.27 bits per heavy atom. The Labute approximate surface area is 65.7 Å². The van der Waals surface area contributed by atoms with Gasteiger partial charge in [0.1, 0.15) is 0 Å². The lowest BCUT2D eigenvalue weighted by atomic mass is 9.78. The van der Waals surface area contributed by atoms with Gasteiger partial charge in [0.25, 0.3) is 0 Å². The maximum absolute atomic E-state index is 5.79. The van der Waals surface area contributed by atoms with E-state index in [-0.39, 0.29) is 0 Å². The average Bonchev–Trinajstić information content (AvgIpc) is 2.04. The molecule has 1 fully saturated rings. The van der Waals surface area contributed by atoms with Crippen LogP contribution in [0.1, 0.15) is 24.5 Å². The van der Waals surface area contributed by atoms with E-state index >= 15 is 0 Å². The average molecular weight is 149 g/mol. The van der Waals surface area contributed by atoms with Gasteiger partial charge in [-0.3, -0.25) is 9.97 Å². The summed E-state index contributed by atoms with van der Waals surface area (Å²) in [7, 11) is 0. The second kappa shape index (κ2) is 2.58. The first-order chi connectivity index (χ1) is 5.38. The third-order valence-corrected chi connectivity index (χ3v) is 2.29. The zero-order chi connectivity index (χ0) is 7.68. The number of aromatic nitrogens is 2. The van der Waals surface area contributed by atoms with Gasteiger partial charge in [-0.05, 0) is 12.8 Å². The summed E-state index contributed by atoms with van der Waals surface area (Å²) in [5.41, 5.74) is 6.83. The maximum Gasteiger partial charge on any atom is 0.0633 e. The van der Waals surface area contributed by atoms with Gasteiger partial charge in [0, 0.05) is 30.6 Å². The molecule has 2 rings (SSSR count). The van der Waals surface area contributed by atoms with Crippen LogP contribution in [0.4, 0.5) is 0 Å². The lowest BCUT2D eigenvalue weighted by Crippen LogP contribution is -2.37. The molecule has 0 aliphatic heterocycles. The summed E-state index contributed by atoms with van der Waals surface area (Å²) in [5, 5.41) is 0. The molecule has 1 heterocycles. The predicted octanol–water partition coefficient (Wildman–Crippen LogP) is 0.681. The fraction of sp³-hybridized carbons (Fsp3) is 0.500. The monoisotopic (exact) mass is 149 g/mol. The Bertz CT molecular complexity index is 234. The van der Waals surface area contributed by atoms with Crippen LogP contribution in [0.5, 0.6) is 0 Å². The van der Waals surface area contributed by atoms with Gasteiger partial charge in [-0.15, -0.1) is 0 Å². The van der Waals surface area contributed by atoms with E-state index in [1.54, 1.807) is 12.4 Å². The van der Waals surface area contributed by atoms with Crippen molar-refractivity contribution >= 4 is 0 Å². The molecule has 0 bridgehead atoms. The van der Waals surface area contributed by atoms with Gasteiger partial charge in [-0.2, -0.15) is 0 Å². The van der Waals surface area contributed by atoms with Crippen molar-refractivity contribution in [2.75, 3.05) is 0 Å². The van der Waals surface area contributed by atoms with Crippen LogP contribution in [0, 0.1) is 0 Å². The van der Waals surface area contributed by atoms with E-state index in [1.165, 1.54) is 6.42 Å². The van der Waals surface area contributed by atoms with Gasteiger partial charge in [0.15, 0.2) is 0 Å². The molecule has 11 heavy (non-hydrogen) atoms. The van der Waals surface area contributed by atoms with Gasteiger partial charge in [-0.25, -0.2) is 0 Å². The molecular weight excluding hydrogens is 138 g/mol. The van der Waals surface area contributed by atoms with E-state index in [9.17, 15) is 0 Å². The first-order valence-electron chi connectivity index (χ1n) is 3.89. The summed E-state index contributed by atoms with van der Waals surface area (Å²) in [6.07, 6.45) is 7.51. The molecule has 2 unspecified atom stereocenters. The van der Waals surface area contributed by atoms with Crippen LogP contribution in [0.25, 0.3) is 0 Å². The van der Waals surface area contributed by atoms with Crippen LogP contribution in [-0.4, -0.2) is 16.0 Å². The van der Waals surface area contributed by atoms with Crippen molar-refractivity contribution in [1.29, 1.82) is 0 Å². The van der Waals surface area contributed by atoms with Crippen LogP contribution >= 0.6 is 0 Å². The van der Waals surface area contributed by atoms with Gasteiger partial charge in [0.2, 0.25) is 0 Å². The van der Waals surface area contributed by atoms with Gasteiger partial charge in [0.05, 0.1) is 5.69 Å². The molecule has 58 valence electrons. The molecule has 1 aromatic rings. The highest BCUT2D eigenvalue weighted by atomic mass is 14.8. The fourth-order valence-electron chi connectivity index (χ4n) is 1.40. The highest BCUT2D eigenvalue weighted by Crippen LogP contribution is 2.33. The molecule has 0 amide bonds. The first-order valence-corrected chi connectivity index (χ1v) is 3.89. The number of hydrogen-bond donors (Lipinski definition) is 1. The molecule has 3 nitrogen and oxygen atoms in total. The molecule has 0 radical (unpaired) electrons. The fourth-order valence-corrected chi connectivity index (χ4v) is 1.40. The van der Waals surface area contributed by atoms with E-state index in [4.69, 9.17) is 5.73 Å². The number of rotatable bonds is 1. The summed E-state index contributed by atoms with van der Waals surface area (Å²) >= 11 is 0. The van der Waals surface area contributed by atoms with E-state index < -0.39 is 0 Å². The lowest BCUT2D eigenvalue weighted by molar-refractivity contribution is 0.339. The van der Waals surface area contributed by atoms with E-state index in [1.807, 2.05) is 6.20 Å². The van der Waals surface area contributed by atoms with Crippen molar-refractivity contribution in [3.05, 3.63) is 24.3 Å². The van der Waals surface area contributed by atoms with Crippen molar-refractivity contribution in [3.63, 3.8) is 0 Å². The van der Waals surface area contributed by atoms with Crippen LogP contribution in [-0.2, 0) is 0 Å². The summed E-state index contributed by atoms with van der Waals surface area (Å²) in [4.78, 5) is 8.21. The summed E-state index contributed by atoms with van der Waals surface area (Å²) in [6.45, 7) is 0. The van der Waals surface area contributed by atoms with Gasteiger partial charge < -0.3 is 5.73 Å². The second-order valence-electron chi connectivity index (χ2n) is 2.98. The third-order valence-electron chi connectivity index (χ3n) is 2.29. The highest BCUT2D eigenvalue weighted by Gasteiger charge is 2.29. The molecule has 1 aromatic heterocycles. The SMILES string of the molecule is NC1CCC1c1cnccn1. The van der Waals surface area contributed by atoms with Crippen molar-refractivity contribution in [2.24, 2.45) is 5.73 Å². The van der Waals surface area contributed by atoms with Gasteiger partial charge >= 0.3 is 0 Å². The van der Waals surface area contributed by atoms with Crippen molar-refractivity contribution in [2.45, 2.75) is 24.8 Å². The minimum atomic E-state index is 0.312. The Balaban J connectivity index is 2.17. The van der Waals surface area contributed by atoms with Crippen molar-refractivity contribution < 1.29 is 0 Å². The van der Waals surface area contributed by atoms with E-state index in [2.05, 4.69) is 9.97 Å². The molecule has 3 heteroatoms. The molecule has 0 aromatic carbocycles. The second-order valence-corrected chi connectivity index (χ2v) is 2.98.